The third kappa shape index (κ3) is 2.46. The summed E-state index contributed by atoms with van der Waals surface area (Å²) in [5.74, 6) is 0. The van der Waals surface area contributed by atoms with E-state index < -0.39 is 10.0 Å². The zero-order valence-electron chi connectivity index (χ0n) is 8.47. The molecule has 0 aliphatic heterocycles. The van der Waals surface area contributed by atoms with Gasteiger partial charge in [0.05, 0.1) is 23.4 Å². The minimum atomic E-state index is -3.49. The number of aromatic amines is 1. The number of aromatic nitrogens is 3. The average molecular weight is 258 g/mol. The van der Waals surface area contributed by atoms with Crippen molar-refractivity contribution in [3.8, 4) is 0 Å². The van der Waals surface area contributed by atoms with Crippen LogP contribution in [0.2, 0.25) is 0 Å². The number of hydrogen-bond acceptors (Lipinski definition) is 5. The first kappa shape index (κ1) is 11.2. The SMILES string of the molecule is Cc1nc(CNS(=O)(=O)c2cn[nH]c2)cs1. The van der Waals surface area contributed by atoms with Gasteiger partial charge in [-0.25, -0.2) is 18.1 Å². The van der Waals surface area contributed by atoms with E-state index in [2.05, 4.69) is 19.9 Å². The Balaban J connectivity index is 2.06. The van der Waals surface area contributed by atoms with Gasteiger partial charge in [0.15, 0.2) is 0 Å². The minimum absolute atomic E-state index is 0.124. The summed E-state index contributed by atoms with van der Waals surface area (Å²) in [6.45, 7) is 2.07. The third-order valence-corrected chi connectivity index (χ3v) is 4.08. The van der Waals surface area contributed by atoms with Crippen LogP contribution in [0, 0.1) is 6.92 Å². The highest BCUT2D eigenvalue weighted by Gasteiger charge is 2.14. The number of aryl methyl sites for hydroxylation is 1. The number of thiazole rings is 1. The van der Waals surface area contributed by atoms with Crippen molar-refractivity contribution in [3.63, 3.8) is 0 Å². The fourth-order valence-electron chi connectivity index (χ4n) is 1.13. The standard InChI is InChI=1S/C8H10N4O2S2/c1-6-12-7(5-15-6)2-11-16(13,14)8-3-9-10-4-8/h3-5,11H,2H2,1H3,(H,9,10). The van der Waals surface area contributed by atoms with Crippen LogP contribution in [0.5, 0.6) is 0 Å². The molecule has 0 bridgehead atoms. The molecule has 0 aromatic carbocycles. The van der Waals surface area contributed by atoms with E-state index in [9.17, 15) is 8.42 Å². The van der Waals surface area contributed by atoms with Gasteiger partial charge < -0.3 is 0 Å². The highest BCUT2D eigenvalue weighted by atomic mass is 32.2. The van der Waals surface area contributed by atoms with Crippen molar-refractivity contribution in [1.82, 2.24) is 19.9 Å². The average Bonchev–Trinajstić information content (AvgIpc) is 2.85. The van der Waals surface area contributed by atoms with Gasteiger partial charge in [0.1, 0.15) is 4.90 Å². The van der Waals surface area contributed by atoms with Gasteiger partial charge in [-0.05, 0) is 6.92 Å². The van der Waals surface area contributed by atoms with Gasteiger partial charge in [-0.2, -0.15) is 5.10 Å². The molecule has 0 fully saturated rings. The van der Waals surface area contributed by atoms with Gasteiger partial charge in [-0.1, -0.05) is 0 Å². The molecule has 2 heterocycles. The molecular weight excluding hydrogens is 248 g/mol. The molecule has 8 heteroatoms. The van der Waals surface area contributed by atoms with Crippen LogP contribution in [0.4, 0.5) is 0 Å². The van der Waals surface area contributed by atoms with E-state index in [0.717, 1.165) is 10.7 Å². The molecule has 0 aliphatic rings. The molecule has 2 rings (SSSR count). The lowest BCUT2D eigenvalue weighted by Crippen LogP contribution is -2.23. The van der Waals surface area contributed by atoms with Crippen LogP contribution in [-0.2, 0) is 16.6 Å². The molecule has 16 heavy (non-hydrogen) atoms. The van der Waals surface area contributed by atoms with E-state index in [0.29, 0.717) is 0 Å². The first-order valence-corrected chi connectivity index (χ1v) is 6.84. The van der Waals surface area contributed by atoms with Crippen molar-refractivity contribution in [1.29, 1.82) is 0 Å². The third-order valence-electron chi connectivity index (χ3n) is 1.89. The largest absolute Gasteiger partial charge is 0.284 e. The summed E-state index contributed by atoms with van der Waals surface area (Å²) in [6.07, 6.45) is 2.59. The summed E-state index contributed by atoms with van der Waals surface area (Å²) in [4.78, 5) is 4.29. The summed E-state index contributed by atoms with van der Waals surface area (Å²) in [7, 11) is -3.49. The van der Waals surface area contributed by atoms with Crippen LogP contribution in [0.3, 0.4) is 0 Å². The predicted molar refractivity (Wildman–Crippen MR) is 59.5 cm³/mol. The lowest BCUT2D eigenvalue weighted by atomic mass is 10.5. The number of nitrogens with zero attached hydrogens (tertiary/aromatic N) is 2. The molecule has 0 aliphatic carbocycles. The Morgan fingerprint density at radius 3 is 2.94 bits per heavy atom. The second-order valence-electron chi connectivity index (χ2n) is 3.12. The van der Waals surface area contributed by atoms with Crippen LogP contribution in [0.15, 0.2) is 22.7 Å². The quantitative estimate of drug-likeness (QED) is 0.843. The summed E-state index contributed by atoms with van der Waals surface area (Å²) in [6, 6.07) is 0. The van der Waals surface area contributed by atoms with Gasteiger partial charge in [0.2, 0.25) is 10.0 Å². The molecular formula is C8H10N4O2S2. The van der Waals surface area contributed by atoms with Crippen LogP contribution < -0.4 is 4.72 Å². The molecule has 86 valence electrons. The van der Waals surface area contributed by atoms with E-state index in [4.69, 9.17) is 0 Å². The highest BCUT2D eigenvalue weighted by Crippen LogP contribution is 2.09. The lowest BCUT2D eigenvalue weighted by molar-refractivity contribution is 0.580. The van der Waals surface area contributed by atoms with E-state index in [-0.39, 0.29) is 11.4 Å². The van der Waals surface area contributed by atoms with Crippen molar-refractivity contribution >= 4 is 21.4 Å². The minimum Gasteiger partial charge on any atom is -0.284 e. The fraction of sp³-hybridized carbons (Fsp3) is 0.250. The van der Waals surface area contributed by atoms with Gasteiger partial charge >= 0.3 is 0 Å². The normalized spacial score (nSPS) is 11.8. The zero-order valence-corrected chi connectivity index (χ0v) is 10.1. The fourth-order valence-corrected chi connectivity index (χ4v) is 2.64. The molecule has 0 unspecified atom stereocenters. The van der Waals surface area contributed by atoms with Crippen LogP contribution in [-0.4, -0.2) is 23.6 Å². The second-order valence-corrected chi connectivity index (χ2v) is 5.95. The topological polar surface area (TPSA) is 87.7 Å². The summed E-state index contributed by atoms with van der Waals surface area (Å²) < 4.78 is 25.8. The Hall–Kier alpha value is -1.25. The molecule has 2 N–H and O–H groups in total. The molecule has 2 aromatic rings. The van der Waals surface area contributed by atoms with Crippen molar-refractivity contribution in [2.75, 3.05) is 0 Å². The maximum Gasteiger partial charge on any atom is 0.244 e. The molecule has 0 saturated carbocycles. The number of H-pyrrole nitrogens is 1. The number of sulfonamides is 1. The van der Waals surface area contributed by atoms with Crippen molar-refractivity contribution in [3.05, 3.63) is 28.5 Å². The summed E-state index contributed by atoms with van der Waals surface area (Å²) in [5, 5.41) is 8.79. The van der Waals surface area contributed by atoms with Crippen LogP contribution in [0.1, 0.15) is 10.7 Å². The van der Waals surface area contributed by atoms with Crippen LogP contribution in [0.25, 0.3) is 0 Å². The molecule has 6 nitrogen and oxygen atoms in total. The van der Waals surface area contributed by atoms with E-state index in [1.165, 1.54) is 23.7 Å². The van der Waals surface area contributed by atoms with Gasteiger partial charge in [-0.3, -0.25) is 5.10 Å². The summed E-state index contributed by atoms with van der Waals surface area (Å²) >= 11 is 1.49. The Bertz CT molecular complexity index is 559. The molecule has 0 spiro atoms. The Labute approximate surface area is 96.8 Å². The van der Waals surface area contributed by atoms with E-state index in [1.807, 2.05) is 12.3 Å². The Kier molecular flexibility index (Phi) is 3.03. The molecule has 0 amide bonds. The monoisotopic (exact) mass is 258 g/mol. The Morgan fingerprint density at radius 2 is 2.38 bits per heavy atom. The maximum absolute atomic E-state index is 11.7. The first-order valence-electron chi connectivity index (χ1n) is 4.47. The van der Waals surface area contributed by atoms with Gasteiger partial charge in [0.25, 0.3) is 0 Å². The summed E-state index contributed by atoms with van der Waals surface area (Å²) in [5.41, 5.74) is 0.717. The first-order chi connectivity index (χ1) is 7.58. The van der Waals surface area contributed by atoms with Crippen molar-refractivity contribution < 1.29 is 8.42 Å². The van der Waals surface area contributed by atoms with Crippen molar-refractivity contribution in [2.24, 2.45) is 0 Å². The molecule has 0 atom stereocenters. The van der Waals surface area contributed by atoms with Crippen molar-refractivity contribution in [2.45, 2.75) is 18.4 Å². The maximum atomic E-state index is 11.7. The zero-order chi connectivity index (χ0) is 11.6. The Morgan fingerprint density at radius 1 is 1.56 bits per heavy atom. The van der Waals surface area contributed by atoms with Gasteiger partial charge in [0, 0.05) is 11.6 Å². The smallest absolute Gasteiger partial charge is 0.244 e. The van der Waals surface area contributed by atoms with E-state index >= 15 is 0 Å². The van der Waals surface area contributed by atoms with Crippen LogP contribution >= 0.6 is 11.3 Å². The second kappa shape index (κ2) is 4.32. The van der Waals surface area contributed by atoms with Gasteiger partial charge in [-0.15, -0.1) is 11.3 Å². The number of rotatable bonds is 4. The number of hydrogen-bond donors (Lipinski definition) is 2. The highest BCUT2D eigenvalue weighted by molar-refractivity contribution is 7.89. The predicted octanol–water partition coefficient (Wildman–Crippen LogP) is 0.653. The molecule has 0 saturated heterocycles. The molecule has 0 radical (unpaired) electrons. The lowest BCUT2D eigenvalue weighted by Gasteiger charge is -2.01. The number of nitrogens with one attached hydrogen (secondary N) is 2. The van der Waals surface area contributed by atoms with E-state index in [1.54, 1.807) is 0 Å². The molecule has 2 aromatic heterocycles.